The Morgan fingerprint density at radius 1 is 1.44 bits per heavy atom. The molecule has 2 N–H and O–H groups in total. The first-order valence-corrected chi connectivity index (χ1v) is 5.61. The van der Waals surface area contributed by atoms with Gasteiger partial charge in [0, 0.05) is 28.2 Å². The van der Waals surface area contributed by atoms with Crippen LogP contribution in [0.5, 0.6) is 5.75 Å². The van der Waals surface area contributed by atoms with Crippen LogP contribution < -0.4 is 4.74 Å². The van der Waals surface area contributed by atoms with Gasteiger partial charge in [-0.1, -0.05) is 6.07 Å². The van der Waals surface area contributed by atoms with Crippen LogP contribution in [0.25, 0.3) is 16.5 Å². The number of hydrogen-bond acceptors (Lipinski definition) is 2. The summed E-state index contributed by atoms with van der Waals surface area (Å²) in [4.78, 5) is 14.0. The van der Waals surface area contributed by atoms with Crippen molar-refractivity contribution in [2.24, 2.45) is 0 Å². The van der Waals surface area contributed by atoms with E-state index in [9.17, 15) is 4.79 Å². The number of carbonyl (C=O) groups is 1. The van der Waals surface area contributed by atoms with Crippen LogP contribution in [-0.4, -0.2) is 23.2 Å². The average molecular weight is 245 g/mol. The van der Waals surface area contributed by atoms with Gasteiger partial charge in [0.15, 0.2) is 0 Å². The molecular formula is C14H15NO3. The van der Waals surface area contributed by atoms with E-state index in [-0.39, 0.29) is 0 Å². The number of aromatic amines is 1. The Hall–Kier alpha value is -2.23. The minimum absolute atomic E-state index is 0.704. The number of carboxylic acid groups (broad SMARTS) is 1. The average Bonchev–Trinajstić information content (AvgIpc) is 2.63. The van der Waals surface area contributed by atoms with Crippen molar-refractivity contribution in [3.8, 4) is 5.75 Å². The molecule has 0 spiro atoms. The van der Waals surface area contributed by atoms with Crippen LogP contribution in [0.4, 0.5) is 0 Å². The fourth-order valence-electron chi connectivity index (χ4n) is 2.27. The van der Waals surface area contributed by atoms with Gasteiger partial charge in [0.05, 0.1) is 7.11 Å². The zero-order valence-corrected chi connectivity index (χ0v) is 10.6. The first-order chi connectivity index (χ1) is 8.54. The SMILES string of the molecule is COc1cccc2[nH]c(C)c(/C(C)=C/C(=O)O)c12. The molecule has 1 heterocycles. The number of hydrogen-bond donors (Lipinski definition) is 2. The third-order valence-electron chi connectivity index (χ3n) is 2.93. The molecule has 94 valence electrons. The second kappa shape index (κ2) is 4.56. The van der Waals surface area contributed by atoms with Gasteiger partial charge in [0.2, 0.25) is 0 Å². The monoisotopic (exact) mass is 245 g/mol. The highest BCUT2D eigenvalue weighted by Gasteiger charge is 2.14. The number of aromatic nitrogens is 1. The highest BCUT2D eigenvalue weighted by atomic mass is 16.5. The molecule has 4 heteroatoms. The summed E-state index contributed by atoms with van der Waals surface area (Å²) in [6.45, 7) is 3.71. The van der Waals surface area contributed by atoms with Crippen LogP contribution in [-0.2, 0) is 4.79 Å². The normalized spacial score (nSPS) is 11.8. The molecule has 2 rings (SSSR count). The molecule has 0 fully saturated rings. The van der Waals surface area contributed by atoms with Crippen molar-refractivity contribution in [2.75, 3.05) is 7.11 Å². The predicted octanol–water partition coefficient (Wildman–Crippen LogP) is 2.97. The maximum Gasteiger partial charge on any atom is 0.328 e. The molecular weight excluding hydrogens is 230 g/mol. The minimum atomic E-state index is -0.948. The smallest absolute Gasteiger partial charge is 0.328 e. The summed E-state index contributed by atoms with van der Waals surface area (Å²) in [6, 6.07) is 5.71. The lowest BCUT2D eigenvalue weighted by atomic mass is 10.0. The van der Waals surface area contributed by atoms with Crippen LogP contribution >= 0.6 is 0 Å². The van der Waals surface area contributed by atoms with Crippen LogP contribution in [0.2, 0.25) is 0 Å². The van der Waals surface area contributed by atoms with E-state index in [2.05, 4.69) is 4.98 Å². The summed E-state index contributed by atoms with van der Waals surface area (Å²) in [5.41, 5.74) is 3.48. The molecule has 18 heavy (non-hydrogen) atoms. The molecule has 1 aromatic heterocycles. The molecule has 0 unspecified atom stereocenters. The van der Waals surface area contributed by atoms with E-state index in [1.807, 2.05) is 25.1 Å². The number of rotatable bonds is 3. The van der Waals surface area contributed by atoms with Crippen molar-refractivity contribution >= 4 is 22.4 Å². The zero-order valence-electron chi connectivity index (χ0n) is 10.6. The van der Waals surface area contributed by atoms with Crippen molar-refractivity contribution in [3.05, 3.63) is 35.5 Å². The summed E-state index contributed by atoms with van der Waals surface area (Å²) in [5, 5.41) is 9.78. The largest absolute Gasteiger partial charge is 0.496 e. The van der Waals surface area contributed by atoms with E-state index >= 15 is 0 Å². The van der Waals surface area contributed by atoms with Crippen LogP contribution in [0.15, 0.2) is 24.3 Å². The molecule has 0 radical (unpaired) electrons. The quantitative estimate of drug-likeness (QED) is 0.817. The summed E-state index contributed by atoms with van der Waals surface area (Å²) in [6.07, 6.45) is 1.21. The van der Waals surface area contributed by atoms with Crippen molar-refractivity contribution in [3.63, 3.8) is 0 Å². The van der Waals surface area contributed by atoms with Crippen LogP contribution in [0.1, 0.15) is 18.2 Å². The third kappa shape index (κ3) is 1.97. The van der Waals surface area contributed by atoms with Gasteiger partial charge in [-0.15, -0.1) is 0 Å². The molecule has 0 atom stereocenters. The van der Waals surface area contributed by atoms with E-state index in [0.717, 1.165) is 27.9 Å². The van der Waals surface area contributed by atoms with Crippen LogP contribution in [0, 0.1) is 6.92 Å². The number of aliphatic carboxylic acids is 1. The second-order valence-corrected chi connectivity index (χ2v) is 4.17. The Morgan fingerprint density at radius 2 is 2.17 bits per heavy atom. The predicted molar refractivity (Wildman–Crippen MR) is 70.9 cm³/mol. The highest BCUT2D eigenvalue weighted by molar-refractivity contribution is 6.01. The summed E-state index contributed by atoms with van der Waals surface area (Å²) in [7, 11) is 1.61. The number of methoxy groups -OCH3 is 1. The molecule has 0 amide bonds. The molecule has 0 saturated carbocycles. The molecule has 0 aliphatic rings. The fourth-order valence-corrected chi connectivity index (χ4v) is 2.27. The Labute approximate surface area is 105 Å². The van der Waals surface area contributed by atoms with Gasteiger partial charge >= 0.3 is 5.97 Å². The number of ether oxygens (including phenoxy) is 1. The van der Waals surface area contributed by atoms with Gasteiger partial charge in [-0.2, -0.15) is 0 Å². The second-order valence-electron chi connectivity index (χ2n) is 4.17. The van der Waals surface area contributed by atoms with Gasteiger partial charge in [0.1, 0.15) is 5.75 Å². The Balaban J connectivity index is 2.77. The number of nitrogens with one attached hydrogen (secondary N) is 1. The van der Waals surface area contributed by atoms with Crippen molar-refractivity contribution in [1.29, 1.82) is 0 Å². The fraction of sp³-hybridized carbons (Fsp3) is 0.214. The maximum atomic E-state index is 10.8. The molecule has 0 bridgehead atoms. The lowest BCUT2D eigenvalue weighted by molar-refractivity contribution is -0.131. The van der Waals surface area contributed by atoms with E-state index in [0.29, 0.717) is 5.57 Å². The number of H-pyrrole nitrogens is 1. The first kappa shape index (κ1) is 12.2. The number of benzene rings is 1. The van der Waals surface area contributed by atoms with Gasteiger partial charge in [-0.3, -0.25) is 0 Å². The summed E-state index contributed by atoms with van der Waals surface area (Å²) >= 11 is 0. The van der Waals surface area contributed by atoms with E-state index in [4.69, 9.17) is 9.84 Å². The van der Waals surface area contributed by atoms with Gasteiger partial charge < -0.3 is 14.8 Å². The lowest BCUT2D eigenvalue weighted by Gasteiger charge is -2.05. The Bertz CT molecular complexity index is 638. The van der Waals surface area contributed by atoms with Crippen molar-refractivity contribution in [2.45, 2.75) is 13.8 Å². The molecule has 0 saturated heterocycles. The lowest BCUT2D eigenvalue weighted by Crippen LogP contribution is -1.92. The third-order valence-corrected chi connectivity index (χ3v) is 2.93. The highest BCUT2D eigenvalue weighted by Crippen LogP contribution is 2.34. The topological polar surface area (TPSA) is 62.3 Å². The maximum absolute atomic E-state index is 10.8. The number of allylic oxidation sites excluding steroid dienone is 1. The summed E-state index contributed by atoms with van der Waals surface area (Å²) < 4.78 is 5.34. The molecule has 1 aromatic carbocycles. The van der Waals surface area contributed by atoms with Gasteiger partial charge in [-0.25, -0.2) is 4.79 Å². The van der Waals surface area contributed by atoms with E-state index in [1.54, 1.807) is 14.0 Å². The zero-order chi connectivity index (χ0) is 13.3. The standard InChI is InChI=1S/C14H15NO3/c1-8(7-12(16)17)13-9(2)15-10-5-4-6-11(18-3)14(10)13/h4-7,15H,1-3H3,(H,16,17)/b8-7+. The van der Waals surface area contributed by atoms with E-state index < -0.39 is 5.97 Å². The van der Waals surface area contributed by atoms with E-state index in [1.165, 1.54) is 6.08 Å². The molecule has 2 aromatic rings. The first-order valence-electron chi connectivity index (χ1n) is 5.61. The van der Waals surface area contributed by atoms with Crippen molar-refractivity contribution in [1.82, 2.24) is 4.98 Å². The van der Waals surface area contributed by atoms with Gasteiger partial charge in [0.25, 0.3) is 0 Å². The molecule has 4 nitrogen and oxygen atoms in total. The molecule has 0 aliphatic carbocycles. The minimum Gasteiger partial charge on any atom is -0.496 e. The Morgan fingerprint density at radius 3 is 2.78 bits per heavy atom. The number of fused-ring (bicyclic) bond motifs is 1. The molecule has 0 aliphatic heterocycles. The number of aryl methyl sites for hydroxylation is 1. The summed E-state index contributed by atoms with van der Waals surface area (Å²) in [5.74, 6) is -0.207. The van der Waals surface area contributed by atoms with Gasteiger partial charge in [-0.05, 0) is 31.6 Å². The van der Waals surface area contributed by atoms with Crippen molar-refractivity contribution < 1.29 is 14.6 Å². The van der Waals surface area contributed by atoms with Crippen LogP contribution in [0.3, 0.4) is 0 Å². The Kier molecular flexibility index (Phi) is 3.10. The number of carboxylic acids is 1.